The first-order chi connectivity index (χ1) is 9.83. The number of aromatic nitrogens is 1. The molecule has 5 heteroatoms. The van der Waals surface area contributed by atoms with Crippen LogP contribution in [0.1, 0.15) is 16.8 Å². The van der Waals surface area contributed by atoms with E-state index in [1.807, 2.05) is 24.3 Å². The standard InChI is InChI=1S/C15H19N3O2/c16-7-11-20-10-3-8-18-15(19)13-6-9-17-14-5-2-1-4-12(13)14/h1-2,4-6,9H,3,7-8,10-11,16H2,(H,18,19). The average molecular weight is 273 g/mol. The predicted molar refractivity (Wildman–Crippen MR) is 78.6 cm³/mol. The smallest absolute Gasteiger partial charge is 0.252 e. The van der Waals surface area contributed by atoms with E-state index in [0.717, 1.165) is 17.3 Å². The lowest BCUT2D eigenvalue weighted by atomic mass is 10.1. The summed E-state index contributed by atoms with van der Waals surface area (Å²) in [5, 5.41) is 3.76. The Morgan fingerprint density at radius 1 is 1.25 bits per heavy atom. The molecule has 1 aromatic heterocycles. The largest absolute Gasteiger partial charge is 0.380 e. The molecule has 0 saturated heterocycles. The second-order valence-corrected chi connectivity index (χ2v) is 4.39. The van der Waals surface area contributed by atoms with Gasteiger partial charge in [-0.25, -0.2) is 0 Å². The zero-order valence-corrected chi connectivity index (χ0v) is 11.3. The summed E-state index contributed by atoms with van der Waals surface area (Å²) in [5.41, 5.74) is 6.80. The van der Waals surface area contributed by atoms with E-state index in [0.29, 0.717) is 31.9 Å². The van der Waals surface area contributed by atoms with E-state index in [1.165, 1.54) is 0 Å². The number of nitrogens with zero attached hydrogens (tertiary/aromatic N) is 1. The summed E-state index contributed by atoms with van der Waals surface area (Å²) in [5.74, 6) is -0.0811. The van der Waals surface area contributed by atoms with Crippen molar-refractivity contribution in [3.05, 3.63) is 42.1 Å². The molecule has 0 spiro atoms. The monoisotopic (exact) mass is 273 g/mol. The second kappa shape index (κ2) is 7.57. The molecule has 0 aliphatic rings. The molecule has 0 saturated carbocycles. The average Bonchev–Trinajstić information content (AvgIpc) is 2.50. The predicted octanol–water partition coefficient (Wildman–Crippen LogP) is 1.33. The molecule has 1 aromatic carbocycles. The quantitative estimate of drug-likeness (QED) is 0.746. The van der Waals surface area contributed by atoms with Gasteiger partial charge in [0.05, 0.1) is 17.7 Å². The van der Waals surface area contributed by atoms with Crippen LogP contribution in [0.25, 0.3) is 10.9 Å². The van der Waals surface area contributed by atoms with Gasteiger partial charge in [0, 0.05) is 31.3 Å². The van der Waals surface area contributed by atoms with Gasteiger partial charge in [-0.05, 0) is 18.6 Å². The van der Waals surface area contributed by atoms with Crippen LogP contribution in [0.3, 0.4) is 0 Å². The molecule has 0 atom stereocenters. The van der Waals surface area contributed by atoms with Gasteiger partial charge in [-0.15, -0.1) is 0 Å². The summed E-state index contributed by atoms with van der Waals surface area (Å²) >= 11 is 0. The molecule has 1 heterocycles. The van der Waals surface area contributed by atoms with Crippen LogP contribution in [0.2, 0.25) is 0 Å². The van der Waals surface area contributed by atoms with Gasteiger partial charge in [-0.3, -0.25) is 9.78 Å². The lowest BCUT2D eigenvalue weighted by Gasteiger charge is -2.08. The topological polar surface area (TPSA) is 77.2 Å². The summed E-state index contributed by atoms with van der Waals surface area (Å²) < 4.78 is 5.25. The second-order valence-electron chi connectivity index (χ2n) is 4.39. The minimum atomic E-state index is -0.0811. The number of pyridine rings is 1. The highest BCUT2D eigenvalue weighted by atomic mass is 16.5. The van der Waals surface area contributed by atoms with Crippen LogP contribution in [0.4, 0.5) is 0 Å². The van der Waals surface area contributed by atoms with E-state index in [2.05, 4.69) is 10.3 Å². The lowest BCUT2D eigenvalue weighted by Crippen LogP contribution is -2.25. The maximum atomic E-state index is 12.1. The zero-order valence-electron chi connectivity index (χ0n) is 11.3. The fourth-order valence-corrected chi connectivity index (χ4v) is 1.95. The fraction of sp³-hybridized carbons (Fsp3) is 0.333. The van der Waals surface area contributed by atoms with Gasteiger partial charge in [0.1, 0.15) is 0 Å². The summed E-state index contributed by atoms with van der Waals surface area (Å²) in [7, 11) is 0. The summed E-state index contributed by atoms with van der Waals surface area (Å²) in [6, 6.07) is 9.35. The first-order valence-corrected chi connectivity index (χ1v) is 6.72. The molecule has 0 radical (unpaired) electrons. The van der Waals surface area contributed by atoms with Gasteiger partial charge in [-0.2, -0.15) is 0 Å². The molecule has 20 heavy (non-hydrogen) atoms. The Balaban J connectivity index is 1.91. The van der Waals surface area contributed by atoms with Gasteiger partial charge < -0.3 is 15.8 Å². The van der Waals surface area contributed by atoms with E-state index < -0.39 is 0 Å². The highest BCUT2D eigenvalue weighted by Gasteiger charge is 2.09. The summed E-state index contributed by atoms with van der Waals surface area (Å²) in [6.45, 7) is 2.27. The Morgan fingerprint density at radius 2 is 2.10 bits per heavy atom. The first kappa shape index (κ1) is 14.4. The number of amides is 1. The third-order valence-electron chi connectivity index (χ3n) is 2.91. The maximum absolute atomic E-state index is 12.1. The number of fused-ring (bicyclic) bond motifs is 1. The number of nitrogens with two attached hydrogens (primary N) is 1. The van der Waals surface area contributed by atoms with Crippen LogP contribution in [-0.2, 0) is 4.74 Å². The van der Waals surface area contributed by atoms with Gasteiger partial charge in [0.2, 0.25) is 0 Å². The molecule has 106 valence electrons. The van der Waals surface area contributed by atoms with Crippen molar-refractivity contribution in [1.29, 1.82) is 0 Å². The Labute approximate surface area is 118 Å². The molecule has 3 N–H and O–H groups in total. The molecular formula is C15H19N3O2. The number of para-hydroxylation sites is 1. The zero-order chi connectivity index (χ0) is 14.2. The van der Waals surface area contributed by atoms with E-state index in [4.69, 9.17) is 10.5 Å². The van der Waals surface area contributed by atoms with E-state index in [-0.39, 0.29) is 5.91 Å². The number of ether oxygens (including phenoxy) is 1. The molecule has 2 rings (SSSR count). The number of carbonyl (C=O) groups is 1. The Morgan fingerprint density at radius 3 is 2.95 bits per heavy atom. The maximum Gasteiger partial charge on any atom is 0.252 e. The van der Waals surface area contributed by atoms with Crippen molar-refractivity contribution in [2.45, 2.75) is 6.42 Å². The number of benzene rings is 1. The van der Waals surface area contributed by atoms with E-state index in [9.17, 15) is 4.79 Å². The number of rotatable bonds is 7. The van der Waals surface area contributed by atoms with Crippen LogP contribution < -0.4 is 11.1 Å². The fourth-order valence-electron chi connectivity index (χ4n) is 1.95. The van der Waals surface area contributed by atoms with Gasteiger partial charge >= 0.3 is 0 Å². The third-order valence-corrected chi connectivity index (χ3v) is 2.91. The molecule has 5 nitrogen and oxygen atoms in total. The van der Waals surface area contributed by atoms with Crippen LogP contribution in [-0.4, -0.2) is 37.2 Å². The molecule has 0 aliphatic heterocycles. The Kier molecular flexibility index (Phi) is 5.46. The Bertz CT molecular complexity index is 567. The Hall–Kier alpha value is -1.98. The first-order valence-electron chi connectivity index (χ1n) is 6.72. The molecule has 0 fully saturated rings. The molecular weight excluding hydrogens is 254 g/mol. The highest BCUT2D eigenvalue weighted by Crippen LogP contribution is 2.15. The van der Waals surface area contributed by atoms with Crippen molar-refractivity contribution in [3.8, 4) is 0 Å². The van der Waals surface area contributed by atoms with Gasteiger partial charge in [0.15, 0.2) is 0 Å². The molecule has 1 amide bonds. The van der Waals surface area contributed by atoms with Crippen molar-refractivity contribution < 1.29 is 9.53 Å². The summed E-state index contributed by atoms with van der Waals surface area (Å²) in [6.07, 6.45) is 2.43. The highest BCUT2D eigenvalue weighted by molar-refractivity contribution is 6.05. The van der Waals surface area contributed by atoms with E-state index >= 15 is 0 Å². The number of carbonyl (C=O) groups excluding carboxylic acids is 1. The minimum absolute atomic E-state index is 0.0811. The molecule has 0 aliphatic carbocycles. The normalized spacial score (nSPS) is 10.7. The van der Waals surface area contributed by atoms with Crippen molar-refractivity contribution in [3.63, 3.8) is 0 Å². The van der Waals surface area contributed by atoms with Crippen LogP contribution in [0.15, 0.2) is 36.5 Å². The molecule has 2 aromatic rings. The van der Waals surface area contributed by atoms with Gasteiger partial charge in [-0.1, -0.05) is 18.2 Å². The van der Waals surface area contributed by atoms with Crippen molar-refractivity contribution in [1.82, 2.24) is 10.3 Å². The SMILES string of the molecule is NCCOCCCNC(=O)c1ccnc2ccccc12. The number of hydrogen-bond donors (Lipinski definition) is 2. The van der Waals surface area contributed by atoms with Crippen LogP contribution >= 0.6 is 0 Å². The van der Waals surface area contributed by atoms with Crippen molar-refractivity contribution in [2.75, 3.05) is 26.3 Å². The lowest BCUT2D eigenvalue weighted by molar-refractivity contribution is 0.0944. The number of hydrogen-bond acceptors (Lipinski definition) is 4. The molecule has 0 unspecified atom stereocenters. The minimum Gasteiger partial charge on any atom is -0.380 e. The van der Waals surface area contributed by atoms with E-state index in [1.54, 1.807) is 12.3 Å². The van der Waals surface area contributed by atoms with Gasteiger partial charge in [0.25, 0.3) is 5.91 Å². The molecule has 0 bridgehead atoms. The number of nitrogens with one attached hydrogen (secondary N) is 1. The van der Waals surface area contributed by atoms with Crippen molar-refractivity contribution >= 4 is 16.8 Å². The third kappa shape index (κ3) is 3.76. The summed E-state index contributed by atoms with van der Waals surface area (Å²) in [4.78, 5) is 16.4. The van der Waals surface area contributed by atoms with Crippen molar-refractivity contribution in [2.24, 2.45) is 5.73 Å². The van der Waals surface area contributed by atoms with Crippen LogP contribution in [0.5, 0.6) is 0 Å². The van der Waals surface area contributed by atoms with Crippen LogP contribution in [0, 0.1) is 0 Å².